The number of hydrogen-bond donors (Lipinski definition) is 1. The number of aromatic hydroxyl groups is 1. The van der Waals surface area contributed by atoms with Crippen molar-refractivity contribution in [1.82, 2.24) is 9.38 Å². The molecule has 0 amide bonds. The lowest BCUT2D eigenvalue weighted by atomic mass is 10.2. The molecule has 2 aromatic heterocycles. The maximum atomic E-state index is 10.9. The summed E-state index contributed by atoms with van der Waals surface area (Å²) in [4.78, 5) is 15.2. The first-order valence-corrected chi connectivity index (χ1v) is 5.51. The molecule has 2 heterocycles. The number of para-hydroxylation sites is 1. The normalized spacial score (nSPS) is 10.7. The number of carbonyl (C=O) groups excluding carboxylic acids is 1. The van der Waals surface area contributed by atoms with Gasteiger partial charge in [-0.2, -0.15) is 0 Å². The zero-order valence-corrected chi connectivity index (χ0v) is 9.45. The largest absolute Gasteiger partial charge is 0.507 e. The lowest BCUT2D eigenvalue weighted by Gasteiger charge is -2.04. The highest BCUT2D eigenvalue weighted by molar-refractivity contribution is 5.86. The molecule has 1 aromatic carbocycles. The average Bonchev–Trinajstić information content (AvgIpc) is 2.83. The third-order valence-corrected chi connectivity index (χ3v) is 2.88. The maximum absolute atomic E-state index is 10.9. The second-order valence-electron chi connectivity index (χ2n) is 3.94. The van der Waals surface area contributed by atoms with E-state index in [0.29, 0.717) is 17.0 Å². The number of nitrogens with zero attached hydrogens (tertiary/aromatic N) is 2. The van der Waals surface area contributed by atoms with Gasteiger partial charge in [0.1, 0.15) is 11.6 Å². The van der Waals surface area contributed by atoms with E-state index in [0.717, 1.165) is 11.8 Å². The highest BCUT2D eigenvalue weighted by Crippen LogP contribution is 2.28. The van der Waals surface area contributed by atoms with Crippen molar-refractivity contribution in [3.63, 3.8) is 0 Å². The van der Waals surface area contributed by atoms with Gasteiger partial charge < -0.3 is 5.11 Å². The van der Waals surface area contributed by atoms with Crippen molar-refractivity contribution in [3.8, 4) is 17.1 Å². The van der Waals surface area contributed by atoms with Crippen LogP contribution < -0.4 is 0 Å². The Labute approximate surface area is 103 Å². The summed E-state index contributed by atoms with van der Waals surface area (Å²) in [5, 5.41) is 9.85. The minimum absolute atomic E-state index is 0.168. The molecule has 0 unspecified atom stereocenters. The van der Waals surface area contributed by atoms with Gasteiger partial charge >= 0.3 is 0 Å². The van der Waals surface area contributed by atoms with Gasteiger partial charge in [-0.1, -0.05) is 12.1 Å². The Bertz CT molecular complexity index is 731. The second kappa shape index (κ2) is 4.00. The van der Waals surface area contributed by atoms with Crippen molar-refractivity contribution < 1.29 is 9.90 Å². The Hall–Kier alpha value is -2.62. The Morgan fingerprint density at radius 2 is 2.00 bits per heavy atom. The number of benzene rings is 1. The fraction of sp³-hybridized carbons (Fsp3) is 0. The molecule has 3 aromatic rings. The lowest BCUT2D eigenvalue weighted by molar-refractivity contribution is 0.112. The van der Waals surface area contributed by atoms with Crippen molar-refractivity contribution in [2.24, 2.45) is 0 Å². The van der Waals surface area contributed by atoms with Gasteiger partial charge in [0.2, 0.25) is 0 Å². The summed E-state index contributed by atoms with van der Waals surface area (Å²) in [6.07, 6.45) is 4.24. The van der Waals surface area contributed by atoms with Crippen molar-refractivity contribution >= 4 is 11.8 Å². The number of aromatic nitrogens is 2. The van der Waals surface area contributed by atoms with Gasteiger partial charge in [-0.05, 0) is 24.3 Å². The number of phenolic OH excluding ortho intramolecular Hbond substituents is 1. The molecule has 0 aliphatic carbocycles. The number of rotatable bonds is 2. The molecule has 0 atom stereocenters. The van der Waals surface area contributed by atoms with E-state index in [1.807, 2.05) is 12.3 Å². The van der Waals surface area contributed by atoms with E-state index in [-0.39, 0.29) is 5.75 Å². The number of pyridine rings is 1. The van der Waals surface area contributed by atoms with Crippen LogP contribution in [-0.2, 0) is 0 Å². The molecule has 4 nitrogen and oxygen atoms in total. The molecule has 0 bridgehead atoms. The number of imidazole rings is 1. The third-order valence-electron chi connectivity index (χ3n) is 2.88. The monoisotopic (exact) mass is 238 g/mol. The smallest absolute Gasteiger partial charge is 0.152 e. The molecular formula is C14H10N2O2. The number of aldehydes is 1. The minimum Gasteiger partial charge on any atom is -0.507 e. The van der Waals surface area contributed by atoms with Crippen LogP contribution in [0.5, 0.6) is 5.75 Å². The molecule has 0 saturated heterocycles. The molecule has 4 heteroatoms. The predicted molar refractivity (Wildman–Crippen MR) is 67.7 cm³/mol. The lowest BCUT2D eigenvalue weighted by Crippen LogP contribution is -1.92. The van der Waals surface area contributed by atoms with Crippen LogP contribution in [0.2, 0.25) is 0 Å². The van der Waals surface area contributed by atoms with Gasteiger partial charge in [-0.15, -0.1) is 0 Å². The van der Waals surface area contributed by atoms with Crippen LogP contribution in [0, 0.1) is 0 Å². The number of hydrogen-bond acceptors (Lipinski definition) is 3. The highest BCUT2D eigenvalue weighted by atomic mass is 16.3. The van der Waals surface area contributed by atoms with Gasteiger partial charge in [-0.25, -0.2) is 4.98 Å². The molecule has 0 spiro atoms. The first kappa shape index (κ1) is 10.5. The number of carbonyl (C=O) groups is 1. The Morgan fingerprint density at radius 3 is 2.78 bits per heavy atom. The molecule has 88 valence electrons. The molecule has 0 saturated carbocycles. The molecule has 3 rings (SSSR count). The fourth-order valence-electron chi connectivity index (χ4n) is 2.01. The molecule has 0 fully saturated rings. The predicted octanol–water partition coefficient (Wildman–Crippen LogP) is 2.52. The minimum atomic E-state index is 0.168. The molecule has 1 N–H and O–H groups in total. The second-order valence-corrected chi connectivity index (χ2v) is 3.94. The van der Waals surface area contributed by atoms with E-state index in [2.05, 4.69) is 4.98 Å². The van der Waals surface area contributed by atoms with Crippen LogP contribution >= 0.6 is 0 Å². The summed E-state index contributed by atoms with van der Waals surface area (Å²) >= 11 is 0. The first-order valence-electron chi connectivity index (χ1n) is 5.51. The van der Waals surface area contributed by atoms with Crippen LogP contribution in [0.1, 0.15) is 10.4 Å². The van der Waals surface area contributed by atoms with Crippen molar-refractivity contribution in [1.29, 1.82) is 0 Å². The van der Waals surface area contributed by atoms with Gasteiger partial charge in [0.05, 0.1) is 17.3 Å². The summed E-state index contributed by atoms with van der Waals surface area (Å²) in [7, 11) is 0. The van der Waals surface area contributed by atoms with E-state index in [1.54, 1.807) is 40.9 Å². The van der Waals surface area contributed by atoms with Gasteiger partial charge in [0, 0.05) is 11.8 Å². The zero-order valence-electron chi connectivity index (χ0n) is 9.45. The van der Waals surface area contributed by atoms with Crippen LogP contribution in [-0.4, -0.2) is 20.8 Å². The van der Waals surface area contributed by atoms with E-state index in [1.165, 1.54) is 0 Å². The molecule has 0 aliphatic rings. The summed E-state index contributed by atoms with van der Waals surface area (Å²) in [5.41, 5.74) is 1.94. The maximum Gasteiger partial charge on any atom is 0.152 e. The fourth-order valence-corrected chi connectivity index (χ4v) is 2.01. The van der Waals surface area contributed by atoms with E-state index in [9.17, 15) is 9.90 Å². The third kappa shape index (κ3) is 1.47. The first-order chi connectivity index (χ1) is 8.81. The summed E-state index contributed by atoms with van der Waals surface area (Å²) < 4.78 is 1.79. The van der Waals surface area contributed by atoms with Crippen molar-refractivity contribution in [3.05, 3.63) is 54.4 Å². The topological polar surface area (TPSA) is 54.6 Å². The van der Waals surface area contributed by atoms with Gasteiger partial charge in [0.15, 0.2) is 6.29 Å². The zero-order chi connectivity index (χ0) is 12.5. The summed E-state index contributed by atoms with van der Waals surface area (Å²) in [5.74, 6) is 0.785. The van der Waals surface area contributed by atoms with Gasteiger partial charge in [0.25, 0.3) is 0 Å². The van der Waals surface area contributed by atoms with E-state index in [4.69, 9.17) is 0 Å². The summed E-state index contributed by atoms with van der Waals surface area (Å²) in [6, 6.07) is 10.5. The average molecular weight is 238 g/mol. The highest BCUT2D eigenvalue weighted by Gasteiger charge is 2.11. The molecule has 0 aliphatic heterocycles. The van der Waals surface area contributed by atoms with Crippen LogP contribution in [0.25, 0.3) is 16.9 Å². The van der Waals surface area contributed by atoms with Crippen LogP contribution in [0.4, 0.5) is 0 Å². The number of fused-ring (bicyclic) bond motifs is 1. The Kier molecular flexibility index (Phi) is 2.34. The van der Waals surface area contributed by atoms with Gasteiger partial charge in [-0.3, -0.25) is 9.20 Å². The van der Waals surface area contributed by atoms with Crippen molar-refractivity contribution in [2.75, 3.05) is 0 Å². The summed E-state index contributed by atoms with van der Waals surface area (Å²) in [6.45, 7) is 0. The van der Waals surface area contributed by atoms with Crippen LogP contribution in [0.15, 0.2) is 48.8 Å². The standard InChI is InChI=1S/C14H10N2O2/c17-9-10-4-3-7-16-12(10)8-15-14(16)11-5-1-2-6-13(11)18/h1-9,18H. The van der Waals surface area contributed by atoms with Crippen LogP contribution in [0.3, 0.4) is 0 Å². The Balaban J connectivity index is 2.32. The number of phenols is 1. The molecule has 18 heavy (non-hydrogen) atoms. The quantitative estimate of drug-likeness (QED) is 0.698. The molecular weight excluding hydrogens is 228 g/mol. The SMILES string of the molecule is O=Cc1cccn2c(-c3ccccc3O)ncc12. The van der Waals surface area contributed by atoms with Crippen molar-refractivity contribution in [2.45, 2.75) is 0 Å². The Morgan fingerprint density at radius 1 is 1.17 bits per heavy atom. The van der Waals surface area contributed by atoms with E-state index < -0.39 is 0 Å². The van der Waals surface area contributed by atoms with E-state index >= 15 is 0 Å². The molecule has 0 radical (unpaired) electrons.